The fraction of sp³-hybridized carbons (Fsp3) is 0.917. The summed E-state index contributed by atoms with van der Waals surface area (Å²) in [6.45, 7) is -1.07. The van der Waals surface area contributed by atoms with E-state index in [4.69, 9.17) is 35.4 Å². The molecule has 0 bridgehead atoms. The largest absolute Gasteiger partial charge is 0.394 e. The van der Waals surface area contributed by atoms with Crippen LogP contribution in [0.4, 0.5) is 0 Å². The first-order valence-electron chi connectivity index (χ1n) is 6.81. The molecule has 8 N–H and O–H groups in total. The van der Waals surface area contributed by atoms with Gasteiger partial charge in [0.2, 0.25) is 0 Å². The van der Waals surface area contributed by atoms with Gasteiger partial charge in [0.05, 0.1) is 27.2 Å². The van der Waals surface area contributed by atoms with Gasteiger partial charge in [0.15, 0.2) is 6.29 Å². The molecule has 0 radical (unpaired) electrons. The van der Waals surface area contributed by atoms with Gasteiger partial charge in [-0.3, -0.25) is 0 Å². The van der Waals surface area contributed by atoms with Crippen molar-refractivity contribution in [3.8, 4) is 0 Å². The highest BCUT2D eigenvalue weighted by atomic mass is 127. The highest BCUT2D eigenvalue weighted by Crippen LogP contribution is 2.25. The fourth-order valence-electron chi connectivity index (χ4n) is 1.67. The predicted molar refractivity (Wildman–Crippen MR) is 96.8 cm³/mol. The summed E-state index contributed by atoms with van der Waals surface area (Å²) in [6, 6.07) is 0. The van der Waals surface area contributed by atoms with Crippen molar-refractivity contribution in [2.45, 2.75) is 50.8 Å². The maximum absolute atomic E-state index is 10.1. The van der Waals surface area contributed by atoms with E-state index in [-0.39, 0.29) is 0 Å². The van der Waals surface area contributed by atoms with Crippen LogP contribution in [0.2, 0.25) is 0 Å². The van der Waals surface area contributed by atoms with Crippen molar-refractivity contribution in [1.29, 1.82) is 0 Å². The Bertz CT molecular complexity index is 358. The first-order chi connectivity index (χ1) is 11.1. The molecule has 0 aromatic rings. The van der Waals surface area contributed by atoms with Gasteiger partial charge in [-0.15, -0.1) is 0 Å². The number of ether oxygens (including phenoxy) is 1. The van der Waals surface area contributed by atoms with E-state index in [0.717, 1.165) is 0 Å². The van der Waals surface area contributed by atoms with Gasteiger partial charge in [0.1, 0.15) is 36.8 Å². The third kappa shape index (κ3) is 7.18. The Morgan fingerprint density at radius 3 is 2.00 bits per heavy atom. The van der Waals surface area contributed by atoms with Crippen LogP contribution in [0.5, 0.6) is 0 Å². The molecular weight excluding hydrogens is 558 g/mol. The number of aliphatic hydroxyl groups is 8. The van der Waals surface area contributed by atoms with Gasteiger partial charge in [0, 0.05) is 0 Å². The summed E-state index contributed by atoms with van der Waals surface area (Å²) in [5.74, 6) is 0. The first-order valence-corrected chi connectivity index (χ1v) is 9.30. The SMILES string of the molecule is O=C[C@@H](I)[C@@H](O)[C@H](O)[C@H](O)CO.OC[C@H]1OC(O)[C@@H](I)[C@@H](O)[C@@H]1O. The van der Waals surface area contributed by atoms with Crippen LogP contribution < -0.4 is 0 Å². The number of halogens is 2. The Labute approximate surface area is 165 Å². The summed E-state index contributed by atoms with van der Waals surface area (Å²) in [5, 5.41) is 71.9. The molecule has 0 spiro atoms. The lowest BCUT2D eigenvalue weighted by atomic mass is 10.0. The Balaban J connectivity index is 0.000000441. The highest BCUT2D eigenvalue weighted by molar-refractivity contribution is 14.1. The molecule has 1 unspecified atom stereocenters. The van der Waals surface area contributed by atoms with E-state index in [9.17, 15) is 15.0 Å². The number of alkyl halides is 2. The summed E-state index contributed by atoms with van der Waals surface area (Å²) in [6.07, 6.45) is -8.06. The molecule has 1 aliphatic rings. The number of rotatable bonds is 6. The van der Waals surface area contributed by atoms with Crippen LogP contribution >= 0.6 is 45.2 Å². The van der Waals surface area contributed by atoms with Crippen molar-refractivity contribution in [2.75, 3.05) is 13.2 Å². The Morgan fingerprint density at radius 2 is 1.58 bits per heavy atom. The summed E-state index contributed by atoms with van der Waals surface area (Å²) in [4.78, 5) is 10.1. The second kappa shape index (κ2) is 12.2. The van der Waals surface area contributed by atoms with E-state index in [1.54, 1.807) is 45.2 Å². The van der Waals surface area contributed by atoms with Crippen molar-refractivity contribution < 1.29 is 50.4 Å². The lowest BCUT2D eigenvalue weighted by Crippen LogP contribution is -2.56. The third-order valence-electron chi connectivity index (χ3n) is 3.21. The molecule has 0 amide bonds. The van der Waals surface area contributed by atoms with Gasteiger partial charge in [-0.2, -0.15) is 0 Å². The van der Waals surface area contributed by atoms with E-state index in [0.29, 0.717) is 6.29 Å². The maximum Gasteiger partial charge on any atom is 0.169 e. The van der Waals surface area contributed by atoms with Gasteiger partial charge < -0.3 is 50.4 Å². The number of hydrogen-bond acceptors (Lipinski definition) is 10. The van der Waals surface area contributed by atoms with Crippen LogP contribution in [0.15, 0.2) is 0 Å². The monoisotopic (exact) mass is 580 g/mol. The normalized spacial score (nSPS) is 35.2. The quantitative estimate of drug-likeness (QED) is 0.0883. The number of carbonyl (C=O) groups excluding carboxylic acids is 1. The molecule has 1 aliphatic heterocycles. The van der Waals surface area contributed by atoms with E-state index < -0.39 is 64.0 Å². The molecule has 24 heavy (non-hydrogen) atoms. The van der Waals surface area contributed by atoms with E-state index >= 15 is 0 Å². The molecule has 144 valence electrons. The molecule has 0 aromatic carbocycles. The molecule has 0 aliphatic carbocycles. The molecule has 12 heteroatoms. The lowest BCUT2D eigenvalue weighted by molar-refractivity contribution is -0.231. The second-order valence-corrected chi connectivity index (χ2v) is 7.86. The third-order valence-corrected chi connectivity index (χ3v) is 5.59. The molecule has 0 aromatic heterocycles. The van der Waals surface area contributed by atoms with Crippen LogP contribution in [0, 0.1) is 0 Å². The van der Waals surface area contributed by atoms with E-state index in [1.165, 1.54) is 0 Å². The van der Waals surface area contributed by atoms with Crippen molar-refractivity contribution in [3.05, 3.63) is 0 Å². The number of aldehydes is 1. The zero-order chi connectivity index (χ0) is 19.0. The minimum atomic E-state index is -1.50. The Kier molecular flexibility index (Phi) is 12.6. The van der Waals surface area contributed by atoms with Gasteiger partial charge in [-0.05, 0) is 0 Å². The highest BCUT2D eigenvalue weighted by Gasteiger charge is 2.42. The Hall–Kier alpha value is 0.770. The molecule has 1 heterocycles. The van der Waals surface area contributed by atoms with Gasteiger partial charge in [-0.1, -0.05) is 45.2 Å². The minimum absolute atomic E-state index is 0.418. The van der Waals surface area contributed by atoms with Gasteiger partial charge >= 0.3 is 0 Å². The maximum atomic E-state index is 10.1. The van der Waals surface area contributed by atoms with Crippen LogP contribution in [0.1, 0.15) is 0 Å². The number of hydrogen-bond donors (Lipinski definition) is 8. The zero-order valence-corrected chi connectivity index (χ0v) is 16.7. The average Bonchev–Trinajstić information content (AvgIpc) is 2.60. The van der Waals surface area contributed by atoms with Gasteiger partial charge in [0.25, 0.3) is 0 Å². The van der Waals surface area contributed by atoms with Crippen LogP contribution in [-0.4, -0.2) is 111 Å². The summed E-state index contributed by atoms with van der Waals surface area (Å²) in [7, 11) is 0. The lowest BCUT2D eigenvalue weighted by Gasteiger charge is -2.37. The van der Waals surface area contributed by atoms with Crippen molar-refractivity contribution in [3.63, 3.8) is 0 Å². The smallest absolute Gasteiger partial charge is 0.169 e. The molecule has 10 nitrogen and oxygen atoms in total. The first kappa shape index (κ1) is 24.8. The van der Waals surface area contributed by atoms with E-state index in [2.05, 4.69) is 0 Å². The molecule has 1 saturated heterocycles. The zero-order valence-electron chi connectivity index (χ0n) is 12.3. The fourth-order valence-corrected chi connectivity index (χ4v) is 2.69. The summed E-state index contributed by atoms with van der Waals surface area (Å²) >= 11 is 3.41. The summed E-state index contributed by atoms with van der Waals surface area (Å²) < 4.78 is 3.46. The molecule has 0 saturated carbocycles. The van der Waals surface area contributed by atoms with Crippen molar-refractivity contribution in [1.82, 2.24) is 0 Å². The standard InChI is InChI=1S/2C6H11IO5/c7-3-5(10)4(9)2(1-8)12-6(3)11;7-3(1-8)5(11)6(12)4(10)2-9/h2-6,8-11H,1H2;1,3-6,9-12H,2H2/t2-,3+,4-,5-,6?;3-,4-,5-,6-/m11/s1. The minimum Gasteiger partial charge on any atom is -0.394 e. The number of aliphatic hydroxyl groups excluding tert-OH is 8. The summed E-state index contributed by atoms with van der Waals surface area (Å²) in [5.41, 5.74) is 0. The molecular formula is C12H22I2O10. The molecule has 1 rings (SSSR count). The van der Waals surface area contributed by atoms with Crippen molar-refractivity contribution >= 4 is 51.5 Å². The van der Waals surface area contributed by atoms with Gasteiger partial charge in [-0.25, -0.2) is 0 Å². The van der Waals surface area contributed by atoms with Crippen LogP contribution in [-0.2, 0) is 9.53 Å². The van der Waals surface area contributed by atoms with Crippen LogP contribution in [0.25, 0.3) is 0 Å². The molecule has 9 atom stereocenters. The topological polar surface area (TPSA) is 188 Å². The van der Waals surface area contributed by atoms with Crippen LogP contribution in [0.3, 0.4) is 0 Å². The average molecular weight is 580 g/mol. The van der Waals surface area contributed by atoms with Crippen molar-refractivity contribution in [2.24, 2.45) is 0 Å². The predicted octanol–water partition coefficient (Wildman–Crippen LogP) is -3.71. The van der Waals surface area contributed by atoms with E-state index in [1.807, 2.05) is 0 Å². The Morgan fingerprint density at radius 1 is 1.04 bits per heavy atom. The second-order valence-electron chi connectivity index (χ2n) is 4.98. The number of carbonyl (C=O) groups is 1. The molecule has 1 fully saturated rings.